The molecule has 0 aliphatic heterocycles. The fourth-order valence-corrected chi connectivity index (χ4v) is 2.41. The van der Waals surface area contributed by atoms with E-state index in [1.807, 2.05) is 0 Å². The van der Waals surface area contributed by atoms with E-state index in [1.54, 1.807) is 0 Å². The second-order valence-corrected chi connectivity index (χ2v) is 8.80. The Morgan fingerprint density at radius 2 is 0.733 bits per heavy atom. The fourth-order valence-electron chi connectivity index (χ4n) is 2.41. The van der Waals surface area contributed by atoms with E-state index in [0.29, 0.717) is 0 Å². The summed E-state index contributed by atoms with van der Waals surface area (Å²) in [6.07, 6.45) is 1.74. The van der Waals surface area contributed by atoms with Crippen LogP contribution in [0.3, 0.4) is 0 Å². The van der Waals surface area contributed by atoms with Crippen LogP contribution in [0.5, 0.6) is 0 Å². The van der Waals surface area contributed by atoms with Crippen molar-refractivity contribution in [3.8, 4) is 0 Å². The first kappa shape index (κ1) is 42.9. The molecule has 45 heavy (non-hydrogen) atoms. The molecule has 0 aromatic rings. The predicted molar refractivity (Wildman–Crippen MR) is 155 cm³/mol. The maximum absolute atomic E-state index is 11.1. The van der Waals surface area contributed by atoms with Crippen LogP contribution < -0.4 is 0 Å². The second-order valence-electron chi connectivity index (χ2n) is 8.80. The first-order valence-electron chi connectivity index (χ1n) is 13.1. The lowest BCUT2D eigenvalue weighted by atomic mass is 9.92. The highest BCUT2D eigenvalue weighted by Gasteiger charge is 2.35. The van der Waals surface area contributed by atoms with Crippen LogP contribution in [-0.4, -0.2) is 135 Å². The molecule has 0 radical (unpaired) electrons. The zero-order chi connectivity index (χ0) is 34.7. The average Bonchev–Trinajstić information content (AvgIpc) is 3.05. The second kappa shape index (κ2) is 26.2. The molecule has 0 rings (SSSR count). The number of aliphatic hydroxyl groups is 4. The molecule has 0 saturated carbocycles. The van der Waals surface area contributed by atoms with Gasteiger partial charge in [-0.15, -0.1) is 0 Å². The van der Waals surface area contributed by atoms with Crippen LogP contribution in [0.15, 0.2) is 63.3 Å². The van der Waals surface area contributed by atoms with E-state index in [-0.39, 0.29) is 59.5 Å². The number of esters is 5. The maximum Gasteiger partial charge on any atom is 0.330 e. The summed E-state index contributed by atoms with van der Waals surface area (Å²) in [5.41, 5.74) is -1.28. The molecule has 0 aromatic carbocycles. The summed E-state index contributed by atoms with van der Waals surface area (Å²) in [5, 5.41) is 38.0. The van der Waals surface area contributed by atoms with Crippen molar-refractivity contribution in [2.24, 2.45) is 5.41 Å². The van der Waals surface area contributed by atoms with E-state index >= 15 is 0 Å². The molecule has 0 aromatic heterocycles. The molecule has 0 spiro atoms. The zero-order valence-electron chi connectivity index (χ0n) is 24.9. The van der Waals surface area contributed by atoms with Gasteiger partial charge in [-0.2, -0.15) is 0 Å². The average molecular weight is 647 g/mol. The highest BCUT2D eigenvalue weighted by atomic mass is 16.6. The molecule has 0 bridgehead atoms. The molecule has 0 aliphatic rings. The molecule has 2 unspecified atom stereocenters. The van der Waals surface area contributed by atoms with E-state index in [9.17, 15) is 44.4 Å². The van der Waals surface area contributed by atoms with Crippen LogP contribution >= 0.6 is 0 Å². The molecular weight excluding hydrogens is 604 g/mol. The van der Waals surface area contributed by atoms with Crippen molar-refractivity contribution in [3.63, 3.8) is 0 Å². The minimum atomic E-state index is -1.28. The van der Waals surface area contributed by atoms with Gasteiger partial charge in [0.1, 0.15) is 51.3 Å². The van der Waals surface area contributed by atoms with E-state index in [2.05, 4.69) is 42.4 Å². The smallest absolute Gasteiger partial charge is 0.330 e. The van der Waals surface area contributed by atoms with Crippen molar-refractivity contribution in [1.29, 1.82) is 0 Å². The summed E-state index contributed by atoms with van der Waals surface area (Å²) in [6, 6.07) is 0. The van der Waals surface area contributed by atoms with Gasteiger partial charge in [0.05, 0.1) is 38.4 Å². The first-order valence-corrected chi connectivity index (χ1v) is 13.1. The van der Waals surface area contributed by atoms with Gasteiger partial charge in [-0.3, -0.25) is 0 Å². The lowest BCUT2D eigenvalue weighted by Crippen LogP contribution is -2.42. The van der Waals surface area contributed by atoms with Crippen LogP contribution in [0.2, 0.25) is 0 Å². The van der Waals surface area contributed by atoms with Crippen molar-refractivity contribution in [2.45, 2.75) is 18.3 Å². The third kappa shape index (κ3) is 23.9. The summed E-state index contributed by atoms with van der Waals surface area (Å²) >= 11 is 0. The Balaban J connectivity index is 0. The molecule has 16 heteroatoms. The van der Waals surface area contributed by atoms with Gasteiger partial charge in [0.15, 0.2) is 0 Å². The third-order valence-corrected chi connectivity index (χ3v) is 4.81. The molecule has 16 nitrogen and oxygen atoms in total. The van der Waals surface area contributed by atoms with Gasteiger partial charge in [0, 0.05) is 30.4 Å². The Kier molecular flexibility index (Phi) is 25.0. The Hall–Kier alpha value is -4.19. The summed E-state index contributed by atoms with van der Waals surface area (Å²) in [5.74, 6) is -3.48. The summed E-state index contributed by atoms with van der Waals surface area (Å²) in [4.78, 5) is 54.8. The van der Waals surface area contributed by atoms with Gasteiger partial charge in [-0.05, 0) is 0 Å². The number of hydrogen-bond acceptors (Lipinski definition) is 16. The van der Waals surface area contributed by atoms with E-state index in [0.717, 1.165) is 30.4 Å². The van der Waals surface area contributed by atoms with Crippen LogP contribution in [0.1, 0.15) is 0 Å². The zero-order valence-corrected chi connectivity index (χ0v) is 24.9. The van der Waals surface area contributed by atoms with Crippen molar-refractivity contribution >= 4 is 29.8 Å². The Morgan fingerprint density at radius 3 is 0.978 bits per heavy atom. The van der Waals surface area contributed by atoms with Gasteiger partial charge >= 0.3 is 29.8 Å². The summed E-state index contributed by atoms with van der Waals surface area (Å²) in [6.45, 7) is 13.6. The van der Waals surface area contributed by atoms with Crippen molar-refractivity contribution < 1.29 is 77.6 Å². The molecule has 254 valence electrons. The quantitative estimate of drug-likeness (QED) is 0.0543. The first-order chi connectivity index (χ1) is 21.3. The minimum absolute atomic E-state index is 0.117. The summed E-state index contributed by atoms with van der Waals surface area (Å²) in [7, 11) is 0. The largest absolute Gasteiger partial charge is 0.462 e. The van der Waals surface area contributed by atoms with Crippen molar-refractivity contribution in [1.82, 2.24) is 0 Å². The minimum Gasteiger partial charge on any atom is -0.462 e. The Labute approximate surface area is 260 Å². The highest BCUT2D eigenvalue weighted by Crippen LogP contribution is 2.19. The topological polar surface area (TPSA) is 231 Å². The van der Waals surface area contributed by atoms with Crippen LogP contribution in [0, 0.1) is 5.41 Å². The van der Waals surface area contributed by atoms with Crippen molar-refractivity contribution in [3.05, 3.63) is 63.3 Å². The molecule has 0 heterocycles. The van der Waals surface area contributed by atoms with E-state index < -0.39 is 60.2 Å². The monoisotopic (exact) mass is 646 g/mol. The number of aliphatic hydroxyl groups excluding tert-OH is 4. The van der Waals surface area contributed by atoms with Gasteiger partial charge in [0.25, 0.3) is 0 Å². The number of carbonyl (C=O) groups is 5. The number of ether oxygens (including phenoxy) is 7. The SMILES string of the molecule is C=CC(=O)OCC(CO)(COC(=O)C=C)COC(=O)C=C.C=CC(=O)OCC(O)COCC(O)COCC(O)COC(=O)C=C. The molecule has 0 saturated heterocycles. The van der Waals surface area contributed by atoms with Crippen molar-refractivity contribution in [2.75, 3.05) is 66.1 Å². The highest BCUT2D eigenvalue weighted by molar-refractivity contribution is 5.82. The molecule has 2 atom stereocenters. The van der Waals surface area contributed by atoms with Gasteiger partial charge in [-0.1, -0.05) is 32.9 Å². The van der Waals surface area contributed by atoms with Gasteiger partial charge < -0.3 is 53.6 Å². The molecule has 0 fully saturated rings. The normalized spacial score (nSPS) is 12.4. The Bertz CT molecular complexity index is 880. The third-order valence-electron chi connectivity index (χ3n) is 4.81. The fraction of sp³-hybridized carbons (Fsp3) is 0.483. The number of carbonyl (C=O) groups excluding carboxylic acids is 5. The van der Waals surface area contributed by atoms with Gasteiger partial charge in [0.2, 0.25) is 0 Å². The lowest BCUT2D eigenvalue weighted by Gasteiger charge is -2.29. The molecule has 0 aliphatic carbocycles. The lowest BCUT2D eigenvalue weighted by molar-refractivity contribution is -0.159. The maximum atomic E-state index is 11.1. The molecular formula is C29H42O16. The number of hydrogen-bond donors (Lipinski definition) is 4. The van der Waals surface area contributed by atoms with Crippen LogP contribution in [-0.2, 0) is 57.1 Å². The van der Waals surface area contributed by atoms with E-state index in [1.165, 1.54) is 0 Å². The number of rotatable bonds is 24. The van der Waals surface area contributed by atoms with Crippen LogP contribution in [0.4, 0.5) is 0 Å². The van der Waals surface area contributed by atoms with Crippen LogP contribution in [0.25, 0.3) is 0 Å². The Morgan fingerprint density at radius 1 is 0.489 bits per heavy atom. The van der Waals surface area contributed by atoms with E-state index in [4.69, 9.17) is 23.7 Å². The molecule has 4 N–H and O–H groups in total. The molecule has 0 amide bonds. The predicted octanol–water partition coefficient (Wildman–Crippen LogP) is -1.29. The standard InChI is InChI=1S/C15H24O9.C14H18O7/c1-3-14(19)23-9-12(17)7-21-5-11(16)6-22-8-13(18)10-24-15(20)4-2;1-4-11(16)19-8-14(7-15,9-20-12(17)5-2)10-21-13(18)6-3/h3-4,11-13,16-18H,1-2,5-10H2;4-6,15H,1-3,7-10H2. The summed E-state index contributed by atoms with van der Waals surface area (Å²) < 4.78 is 33.8. The van der Waals surface area contributed by atoms with Gasteiger partial charge in [-0.25, -0.2) is 24.0 Å².